The summed E-state index contributed by atoms with van der Waals surface area (Å²) in [4.78, 5) is 0. The Bertz CT molecular complexity index is 309. The molecule has 0 bridgehead atoms. The zero-order chi connectivity index (χ0) is 11.5. The lowest BCUT2D eigenvalue weighted by atomic mass is 9.94. The highest BCUT2D eigenvalue weighted by molar-refractivity contribution is 5.28. The van der Waals surface area contributed by atoms with Crippen molar-refractivity contribution in [3.8, 4) is 5.75 Å². The molecule has 1 atom stereocenters. The van der Waals surface area contributed by atoms with Gasteiger partial charge in [0.25, 0.3) is 6.43 Å². The van der Waals surface area contributed by atoms with Gasteiger partial charge in [0.15, 0.2) is 0 Å². The van der Waals surface area contributed by atoms with E-state index in [1.165, 1.54) is 6.92 Å². The average Bonchev–Trinajstić information content (AvgIpc) is 2.18. The predicted octanol–water partition coefficient (Wildman–Crippen LogP) is 2.22. The largest absolute Gasteiger partial charge is 0.497 e. The highest BCUT2D eigenvalue weighted by Crippen LogP contribution is 2.20. The molecule has 0 aliphatic heterocycles. The van der Waals surface area contributed by atoms with Crippen LogP contribution in [-0.2, 0) is 6.42 Å². The quantitative estimate of drug-likeness (QED) is 0.835. The maximum Gasteiger partial charge on any atom is 0.256 e. The minimum absolute atomic E-state index is 0.147. The number of methoxy groups -OCH3 is 1. The van der Waals surface area contributed by atoms with Crippen LogP contribution in [0.25, 0.3) is 0 Å². The highest BCUT2D eigenvalue weighted by atomic mass is 19.3. The fourth-order valence-corrected chi connectivity index (χ4v) is 1.26. The van der Waals surface area contributed by atoms with Crippen molar-refractivity contribution in [2.75, 3.05) is 7.11 Å². The molecule has 0 fully saturated rings. The second-order valence-electron chi connectivity index (χ2n) is 3.83. The van der Waals surface area contributed by atoms with E-state index in [1.807, 2.05) is 0 Å². The molecule has 0 aliphatic rings. The van der Waals surface area contributed by atoms with Gasteiger partial charge in [-0.05, 0) is 31.0 Å². The SMILES string of the molecule is COc1ccc(CC(C)(N)C(F)F)cc1. The third-order valence-electron chi connectivity index (χ3n) is 2.24. The summed E-state index contributed by atoms with van der Waals surface area (Å²) in [6, 6.07) is 6.95. The van der Waals surface area contributed by atoms with Gasteiger partial charge in [-0.1, -0.05) is 12.1 Å². The second kappa shape index (κ2) is 4.57. The monoisotopic (exact) mass is 215 g/mol. The van der Waals surface area contributed by atoms with Gasteiger partial charge >= 0.3 is 0 Å². The van der Waals surface area contributed by atoms with E-state index in [1.54, 1.807) is 31.4 Å². The first-order chi connectivity index (χ1) is 6.95. The molecule has 15 heavy (non-hydrogen) atoms. The molecule has 0 radical (unpaired) electrons. The molecule has 1 unspecified atom stereocenters. The van der Waals surface area contributed by atoms with Crippen LogP contribution in [0.2, 0.25) is 0 Å². The molecule has 1 aromatic rings. The molecule has 4 heteroatoms. The Kier molecular flexibility index (Phi) is 3.63. The van der Waals surface area contributed by atoms with Gasteiger partial charge in [-0.2, -0.15) is 0 Å². The summed E-state index contributed by atoms with van der Waals surface area (Å²) in [5.41, 5.74) is 4.78. The van der Waals surface area contributed by atoms with Crippen LogP contribution in [0.1, 0.15) is 12.5 Å². The van der Waals surface area contributed by atoms with Crippen molar-refractivity contribution in [2.24, 2.45) is 5.73 Å². The van der Waals surface area contributed by atoms with Gasteiger partial charge in [-0.15, -0.1) is 0 Å². The van der Waals surface area contributed by atoms with Crippen molar-refractivity contribution in [2.45, 2.75) is 25.3 Å². The van der Waals surface area contributed by atoms with Crippen LogP contribution in [0.15, 0.2) is 24.3 Å². The molecular weight excluding hydrogens is 200 g/mol. The number of ether oxygens (including phenoxy) is 1. The molecule has 0 aliphatic carbocycles. The topological polar surface area (TPSA) is 35.2 Å². The normalized spacial score (nSPS) is 15.1. The molecule has 0 aromatic heterocycles. The zero-order valence-electron chi connectivity index (χ0n) is 8.84. The molecule has 1 rings (SSSR count). The first-order valence-corrected chi connectivity index (χ1v) is 4.65. The van der Waals surface area contributed by atoms with Crippen molar-refractivity contribution < 1.29 is 13.5 Å². The van der Waals surface area contributed by atoms with Crippen LogP contribution in [0.4, 0.5) is 8.78 Å². The molecule has 84 valence electrons. The standard InChI is InChI=1S/C11H15F2NO/c1-11(14,10(12)13)7-8-3-5-9(15-2)6-4-8/h3-6,10H,7,14H2,1-2H3. The minimum atomic E-state index is -2.53. The number of nitrogens with two attached hydrogens (primary N) is 1. The Morgan fingerprint density at radius 2 is 1.87 bits per heavy atom. The summed E-state index contributed by atoms with van der Waals surface area (Å²) in [7, 11) is 1.56. The maximum absolute atomic E-state index is 12.5. The average molecular weight is 215 g/mol. The Labute approximate surface area is 88.0 Å². The van der Waals surface area contributed by atoms with E-state index in [4.69, 9.17) is 10.5 Å². The van der Waals surface area contributed by atoms with Crippen molar-refractivity contribution >= 4 is 0 Å². The van der Waals surface area contributed by atoms with Gasteiger partial charge in [0.05, 0.1) is 12.6 Å². The van der Waals surface area contributed by atoms with Crippen LogP contribution >= 0.6 is 0 Å². The summed E-state index contributed by atoms with van der Waals surface area (Å²) in [5, 5.41) is 0. The Balaban J connectivity index is 2.73. The van der Waals surface area contributed by atoms with Crippen molar-refractivity contribution in [1.82, 2.24) is 0 Å². The summed E-state index contributed by atoms with van der Waals surface area (Å²) < 4.78 is 30.0. The Morgan fingerprint density at radius 3 is 2.27 bits per heavy atom. The number of hydrogen-bond acceptors (Lipinski definition) is 2. The third kappa shape index (κ3) is 3.16. The van der Waals surface area contributed by atoms with Crippen LogP contribution in [0.5, 0.6) is 5.75 Å². The Hall–Kier alpha value is -1.16. The molecule has 2 nitrogen and oxygen atoms in total. The molecule has 1 aromatic carbocycles. The van der Waals surface area contributed by atoms with Crippen LogP contribution < -0.4 is 10.5 Å². The summed E-state index contributed by atoms with van der Waals surface area (Å²) in [6.07, 6.45) is -2.38. The number of hydrogen-bond donors (Lipinski definition) is 1. The zero-order valence-corrected chi connectivity index (χ0v) is 8.84. The molecule has 0 saturated heterocycles. The Morgan fingerprint density at radius 1 is 1.33 bits per heavy atom. The number of alkyl halides is 2. The van der Waals surface area contributed by atoms with Crippen LogP contribution in [0.3, 0.4) is 0 Å². The lowest BCUT2D eigenvalue weighted by Crippen LogP contribution is -2.45. The molecular formula is C11H15F2NO. The van der Waals surface area contributed by atoms with E-state index in [2.05, 4.69) is 0 Å². The van der Waals surface area contributed by atoms with Gasteiger partial charge in [0.1, 0.15) is 5.75 Å². The number of halogens is 2. The fraction of sp³-hybridized carbons (Fsp3) is 0.455. The second-order valence-corrected chi connectivity index (χ2v) is 3.83. The van der Waals surface area contributed by atoms with Crippen molar-refractivity contribution in [3.05, 3.63) is 29.8 Å². The molecule has 0 saturated carbocycles. The minimum Gasteiger partial charge on any atom is -0.497 e. The lowest BCUT2D eigenvalue weighted by Gasteiger charge is -2.23. The smallest absolute Gasteiger partial charge is 0.256 e. The third-order valence-corrected chi connectivity index (χ3v) is 2.24. The first-order valence-electron chi connectivity index (χ1n) is 4.65. The first kappa shape index (κ1) is 11.9. The fourth-order valence-electron chi connectivity index (χ4n) is 1.26. The number of benzene rings is 1. The lowest BCUT2D eigenvalue weighted by molar-refractivity contribution is 0.0639. The van der Waals surface area contributed by atoms with Crippen molar-refractivity contribution in [1.29, 1.82) is 0 Å². The summed E-state index contributed by atoms with van der Waals surface area (Å²) in [5.74, 6) is 0.703. The molecule has 2 N–H and O–H groups in total. The molecule has 0 spiro atoms. The maximum atomic E-state index is 12.5. The van der Waals surface area contributed by atoms with Gasteiger partial charge in [-0.25, -0.2) is 8.78 Å². The van der Waals surface area contributed by atoms with Crippen molar-refractivity contribution in [3.63, 3.8) is 0 Å². The van der Waals surface area contributed by atoms with E-state index < -0.39 is 12.0 Å². The molecule has 0 amide bonds. The van der Waals surface area contributed by atoms with E-state index in [-0.39, 0.29) is 6.42 Å². The highest BCUT2D eigenvalue weighted by Gasteiger charge is 2.30. The van der Waals surface area contributed by atoms with Gasteiger partial charge in [-0.3, -0.25) is 0 Å². The van der Waals surface area contributed by atoms with Gasteiger partial charge in [0, 0.05) is 0 Å². The summed E-state index contributed by atoms with van der Waals surface area (Å²) >= 11 is 0. The van der Waals surface area contributed by atoms with E-state index in [9.17, 15) is 8.78 Å². The van der Waals surface area contributed by atoms with Crippen LogP contribution in [-0.4, -0.2) is 19.1 Å². The molecule has 0 heterocycles. The van der Waals surface area contributed by atoms with E-state index >= 15 is 0 Å². The van der Waals surface area contributed by atoms with E-state index in [0.717, 1.165) is 5.56 Å². The predicted molar refractivity (Wildman–Crippen MR) is 55.3 cm³/mol. The summed E-state index contributed by atoms with van der Waals surface area (Å²) in [6.45, 7) is 1.35. The van der Waals surface area contributed by atoms with Gasteiger partial charge < -0.3 is 10.5 Å². The van der Waals surface area contributed by atoms with E-state index in [0.29, 0.717) is 5.75 Å². The number of rotatable bonds is 4. The van der Waals surface area contributed by atoms with Crippen LogP contribution in [0, 0.1) is 0 Å². The van der Waals surface area contributed by atoms with Gasteiger partial charge in [0.2, 0.25) is 0 Å².